The molecule has 1 aliphatic rings. The van der Waals surface area contributed by atoms with Crippen LogP contribution in [0.5, 0.6) is 0 Å². The zero-order chi connectivity index (χ0) is 12.1. The predicted octanol–water partition coefficient (Wildman–Crippen LogP) is 3.76. The van der Waals surface area contributed by atoms with E-state index in [1.165, 1.54) is 31.1 Å². The van der Waals surface area contributed by atoms with Crippen molar-refractivity contribution in [1.29, 1.82) is 0 Å². The van der Waals surface area contributed by atoms with E-state index in [0.717, 1.165) is 17.4 Å². The number of hydrogen-bond acceptors (Lipinski definition) is 2. The second-order valence-electron chi connectivity index (χ2n) is 4.67. The average molecular weight is 253 g/mol. The highest BCUT2D eigenvalue weighted by atomic mass is 32.2. The van der Waals surface area contributed by atoms with Crippen LogP contribution in [0, 0.1) is 5.82 Å². The molecule has 2 rings (SSSR count). The van der Waals surface area contributed by atoms with Crippen LogP contribution in [0.2, 0.25) is 0 Å². The van der Waals surface area contributed by atoms with Crippen LogP contribution in [0.1, 0.15) is 37.8 Å². The van der Waals surface area contributed by atoms with Gasteiger partial charge in [-0.15, -0.1) is 0 Å². The number of halogens is 1. The molecule has 0 aromatic heterocycles. The Balaban J connectivity index is 1.82. The largest absolute Gasteiger partial charge is 0.309 e. The summed E-state index contributed by atoms with van der Waals surface area (Å²) >= 11 is 2.07. The van der Waals surface area contributed by atoms with Crippen molar-refractivity contribution in [3.63, 3.8) is 0 Å². The molecule has 0 saturated carbocycles. The van der Waals surface area contributed by atoms with Crippen molar-refractivity contribution in [2.45, 2.75) is 37.5 Å². The molecule has 1 N–H and O–H groups in total. The highest BCUT2D eigenvalue weighted by molar-refractivity contribution is 7.99. The Morgan fingerprint density at radius 3 is 3.06 bits per heavy atom. The van der Waals surface area contributed by atoms with E-state index in [9.17, 15) is 4.39 Å². The first-order chi connectivity index (χ1) is 8.25. The molecule has 1 aromatic rings. The van der Waals surface area contributed by atoms with Gasteiger partial charge >= 0.3 is 0 Å². The van der Waals surface area contributed by atoms with E-state index in [-0.39, 0.29) is 11.9 Å². The lowest BCUT2D eigenvalue weighted by Crippen LogP contribution is -2.29. The Hall–Kier alpha value is -0.540. The highest BCUT2D eigenvalue weighted by Gasteiger charge is 2.15. The summed E-state index contributed by atoms with van der Waals surface area (Å²) in [6, 6.07) is 7.10. The molecule has 1 nitrogen and oxygen atoms in total. The maximum atomic E-state index is 13.1. The van der Waals surface area contributed by atoms with Crippen molar-refractivity contribution < 1.29 is 4.39 Å². The molecular formula is C14H20FNS. The molecule has 1 fully saturated rings. The quantitative estimate of drug-likeness (QED) is 0.877. The predicted molar refractivity (Wildman–Crippen MR) is 72.9 cm³/mol. The first kappa shape index (κ1) is 12.9. The fourth-order valence-corrected chi connectivity index (χ4v) is 3.42. The van der Waals surface area contributed by atoms with Crippen molar-refractivity contribution in [3.8, 4) is 0 Å². The number of benzene rings is 1. The van der Waals surface area contributed by atoms with Crippen molar-refractivity contribution in [2.24, 2.45) is 0 Å². The molecule has 0 spiro atoms. The lowest BCUT2D eigenvalue weighted by molar-refractivity contribution is 0.534. The first-order valence-corrected chi connectivity index (χ1v) is 7.41. The molecule has 1 heterocycles. The van der Waals surface area contributed by atoms with E-state index < -0.39 is 0 Å². The van der Waals surface area contributed by atoms with Crippen LogP contribution in [-0.2, 0) is 0 Å². The van der Waals surface area contributed by atoms with E-state index in [1.54, 1.807) is 12.1 Å². The van der Waals surface area contributed by atoms with Gasteiger partial charge in [0.15, 0.2) is 0 Å². The van der Waals surface area contributed by atoms with Crippen LogP contribution in [-0.4, -0.2) is 17.5 Å². The fraction of sp³-hybridized carbons (Fsp3) is 0.571. The van der Waals surface area contributed by atoms with E-state index >= 15 is 0 Å². The molecule has 2 unspecified atom stereocenters. The van der Waals surface area contributed by atoms with E-state index in [2.05, 4.69) is 24.0 Å². The zero-order valence-electron chi connectivity index (χ0n) is 10.3. The maximum absolute atomic E-state index is 13.1. The molecule has 94 valence electrons. The lowest BCUT2D eigenvalue weighted by Gasteiger charge is -2.24. The summed E-state index contributed by atoms with van der Waals surface area (Å²) in [6.07, 6.45) is 4.03. The summed E-state index contributed by atoms with van der Waals surface area (Å²) in [5, 5.41) is 4.24. The summed E-state index contributed by atoms with van der Waals surface area (Å²) in [7, 11) is 0. The number of nitrogens with one attached hydrogen (secondary N) is 1. The van der Waals surface area contributed by atoms with Crippen molar-refractivity contribution >= 4 is 11.8 Å². The van der Waals surface area contributed by atoms with Gasteiger partial charge in [0.05, 0.1) is 0 Å². The van der Waals surface area contributed by atoms with Crippen LogP contribution in [0.4, 0.5) is 4.39 Å². The van der Waals surface area contributed by atoms with Crippen LogP contribution < -0.4 is 5.32 Å². The molecule has 1 aromatic carbocycles. The van der Waals surface area contributed by atoms with Gasteiger partial charge in [0.1, 0.15) is 5.82 Å². The number of rotatable bonds is 4. The van der Waals surface area contributed by atoms with Crippen LogP contribution in [0.25, 0.3) is 0 Å². The van der Waals surface area contributed by atoms with Gasteiger partial charge in [-0.25, -0.2) is 4.39 Å². The molecule has 17 heavy (non-hydrogen) atoms. The third kappa shape index (κ3) is 4.00. The van der Waals surface area contributed by atoms with Crippen molar-refractivity contribution in [2.75, 3.05) is 12.3 Å². The van der Waals surface area contributed by atoms with E-state index in [0.29, 0.717) is 0 Å². The van der Waals surface area contributed by atoms with Gasteiger partial charge in [-0.3, -0.25) is 0 Å². The molecule has 1 aliphatic heterocycles. The standard InChI is InChI=1S/C14H20FNS/c1-11(12-5-4-6-13(15)9-12)16-10-14-7-2-3-8-17-14/h4-6,9,11,14,16H,2-3,7-8,10H2,1H3. The Labute approximate surface area is 107 Å². The van der Waals surface area contributed by atoms with Crippen LogP contribution in [0.15, 0.2) is 24.3 Å². The molecule has 2 atom stereocenters. The highest BCUT2D eigenvalue weighted by Crippen LogP contribution is 2.25. The van der Waals surface area contributed by atoms with Crippen molar-refractivity contribution in [3.05, 3.63) is 35.6 Å². The van der Waals surface area contributed by atoms with Crippen LogP contribution in [0.3, 0.4) is 0 Å². The average Bonchev–Trinajstić information content (AvgIpc) is 2.37. The molecule has 3 heteroatoms. The first-order valence-electron chi connectivity index (χ1n) is 6.36. The smallest absolute Gasteiger partial charge is 0.123 e. The van der Waals surface area contributed by atoms with Gasteiger partial charge in [-0.2, -0.15) is 11.8 Å². The van der Waals surface area contributed by atoms with E-state index in [1.807, 2.05) is 6.07 Å². The van der Waals surface area contributed by atoms with Gasteiger partial charge < -0.3 is 5.32 Å². The molecule has 0 bridgehead atoms. The summed E-state index contributed by atoms with van der Waals surface area (Å²) in [5.74, 6) is 1.14. The number of hydrogen-bond donors (Lipinski definition) is 1. The van der Waals surface area contributed by atoms with Gasteiger partial charge in [0.2, 0.25) is 0 Å². The normalized spacial score (nSPS) is 22.4. The Morgan fingerprint density at radius 1 is 1.47 bits per heavy atom. The Kier molecular flexibility index (Phi) is 4.86. The molecular weight excluding hydrogens is 233 g/mol. The molecule has 1 saturated heterocycles. The molecule has 0 amide bonds. The number of thioether (sulfide) groups is 1. The van der Waals surface area contributed by atoms with Crippen molar-refractivity contribution in [1.82, 2.24) is 5.32 Å². The fourth-order valence-electron chi connectivity index (χ4n) is 2.17. The zero-order valence-corrected chi connectivity index (χ0v) is 11.1. The second kappa shape index (κ2) is 6.41. The SMILES string of the molecule is CC(NCC1CCCCS1)c1cccc(F)c1. The molecule has 0 aliphatic carbocycles. The summed E-state index contributed by atoms with van der Waals surface area (Å²) in [5.41, 5.74) is 1.03. The lowest BCUT2D eigenvalue weighted by atomic mass is 10.1. The Bertz CT molecular complexity index is 350. The van der Waals surface area contributed by atoms with Gasteiger partial charge in [0, 0.05) is 17.8 Å². The van der Waals surface area contributed by atoms with Gasteiger partial charge in [0.25, 0.3) is 0 Å². The minimum atomic E-state index is -0.150. The second-order valence-corrected chi connectivity index (χ2v) is 6.08. The van der Waals surface area contributed by atoms with Crippen LogP contribution >= 0.6 is 11.8 Å². The topological polar surface area (TPSA) is 12.0 Å². The minimum Gasteiger partial charge on any atom is -0.309 e. The third-order valence-corrected chi connectivity index (χ3v) is 4.67. The summed E-state index contributed by atoms with van der Waals surface area (Å²) in [6.45, 7) is 3.13. The summed E-state index contributed by atoms with van der Waals surface area (Å²) < 4.78 is 13.1. The van der Waals surface area contributed by atoms with Gasteiger partial charge in [-0.05, 0) is 43.2 Å². The summed E-state index contributed by atoms with van der Waals surface area (Å²) in [4.78, 5) is 0. The molecule has 0 radical (unpaired) electrons. The maximum Gasteiger partial charge on any atom is 0.123 e. The third-order valence-electron chi connectivity index (χ3n) is 3.27. The van der Waals surface area contributed by atoms with Gasteiger partial charge in [-0.1, -0.05) is 18.6 Å². The Morgan fingerprint density at radius 2 is 2.35 bits per heavy atom. The monoisotopic (exact) mass is 253 g/mol. The minimum absolute atomic E-state index is 0.150. The van der Waals surface area contributed by atoms with E-state index in [4.69, 9.17) is 0 Å².